The highest BCUT2D eigenvalue weighted by Gasteiger charge is 2.20. The van der Waals surface area contributed by atoms with Crippen LogP contribution in [0, 0.1) is 0 Å². The van der Waals surface area contributed by atoms with Crippen molar-refractivity contribution in [3.05, 3.63) is 18.3 Å². The van der Waals surface area contributed by atoms with E-state index in [0.717, 1.165) is 10.9 Å². The van der Waals surface area contributed by atoms with Gasteiger partial charge in [0.1, 0.15) is 5.82 Å². The minimum Gasteiger partial charge on any atom is -0.384 e. The monoisotopic (exact) mass is 237 g/mol. The van der Waals surface area contributed by atoms with Crippen LogP contribution in [0.5, 0.6) is 0 Å². The molecule has 1 saturated carbocycles. The Balaban J connectivity index is 1.91. The fraction of sp³-hybridized carbons (Fsp3) is 0.583. The number of pyridine rings is 1. The number of nitrogens with one attached hydrogen (secondary N) is 1. The van der Waals surface area contributed by atoms with Gasteiger partial charge in [-0.1, -0.05) is 6.42 Å². The molecule has 4 heteroatoms. The average Bonchev–Trinajstić information content (AvgIpc) is 2.32. The van der Waals surface area contributed by atoms with E-state index in [0.29, 0.717) is 11.9 Å². The fourth-order valence-corrected chi connectivity index (χ4v) is 3.04. The molecule has 1 aliphatic rings. The fourth-order valence-electron chi connectivity index (χ4n) is 2.22. The lowest BCUT2D eigenvalue weighted by atomic mass is 9.95. The lowest BCUT2D eigenvalue weighted by molar-refractivity contribution is 0.473. The van der Waals surface area contributed by atoms with Crippen molar-refractivity contribution < 1.29 is 0 Å². The molecular weight excluding hydrogens is 218 g/mol. The predicted molar refractivity (Wildman–Crippen MR) is 71.8 cm³/mol. The SMILES string of the molecule is CSC1CCCC(Nc2ccc(N)nc2)C1. The first-order valence-corrected chi connectivity index (χ1v) is 7.07. The van der Waals surface area contributed by atoms with E-state index in [1.54, 1.807) is 0 Å². The summed E-state index contributed by atoms with van der Waals surface area (Å²) in [5, 5.41) is 4.35. The zero-order valence-corrected chi connectivity index (χ0v) is 10.5. The molecule has 1 fully saturated rings. The van der Waals surface area contributed by atoms with Gasteiger partial charge in [-0.2, -0.15) is 11.8 Å². The Morgan fingerprint density at radius 2 is 2.31 bits per heavy atom. The average molecular weight is 237 g/mol. The second-order valence-electron chi connectivity index (χ2n) is 4.34. The number of nitrogens with zero attached hydrogens (tertiary/aromatic N) is 1. The Kier molecular flexibility index (Phi) is 3.93. The van der Waals surface area contributed by atoms with Gasteiger partial charge in [-0.05, 0) is 37.7 Å². The van der Waals surface area contributed by atoms with E-state index in [-0.39, 0.29) is 0 Å². The Labute approximate surface area is 101 Å². The number of aromatic nitrogens is 1. The normalized spacial score (nSPS) is 25.3. The molecule has 88 valence electrons. The minimum atomic E-state index is 0.580. The highest BCUT2D eigenvalue weighted by molar-refractivity contribution is 7.99. The molecule has 0 aliphatic heterocycles. The first-order chi connectivity index (χ1) is 7.78. The first-order valence-electron chi connectivity index (χ1n) is 5.79. The van der Waals surface area contributed by atoms with Crippen LogP contribution in [0.1, 0.15) is 25.7 Å². The standard InChI is InChI=1S/C12H19N3S/c1-16-11-4-2-3-9(7-11)15-10-5-6-12(13)14-8-10/h5-6,8-9,11,15H,2-4,7H2,1H3,(H2,13,14). The highest BCUT2D eigenvalue weighted by Crippen LogP contribution is 2.28. The van der Waals surface area contributed by atoms with Crippen LogP contribution in [-0.2, 0) is 0 Å². The van der Waals surface area contributed by atoms with Crippen molar-refractivity contribution in [1.82, 2.24) is 4.98 Å². The smallest absolute Gasteiger partial charge is 0.123 e. The third kappa shape index (κ3) is 3.04. The van der Waals surface area contributed by atoms with Gasteiger partial charge in [0, 0.05) is 11.3 Å². The molecule has 1 heterocycles. The molecule has 0 amide bonds. The molecule has 0 aromatic carbocycles. The molecule has 2 rings (SSSR count). The molecule has 3 N–H and O–H groups in total. The van der Waals surface area contributed by atoms with Crippen LogP contribution in [0.15, 0.2) is 18.3 Å². The molecule has 16 heavy (non-hydrogen) atoms. The van der Waals surface area contributed by atoms with E-state index < -0.39 is 0 Å². The largest absolute Gasteiger partial charge is 0.384 e. The number of nitrogens with two attached hydrogens (primary N) is 1. The summed E-state index contributed by atoms with van der Waals surface area (Å²) in [6.07, 6.45) is 9.23. The molecule has 2 atom stereocenters. The Bertz CT molecular complexity index is 326. The van der Waals surface area contributed by atoms with E-state index >= 15 is 0 Å². The Morgan fingerprint density at radius 1 is 1.44 bits per heavy atom. The molecular formula is C12H19N3S. The third-order valence-corrected chi connectivity index (χ3v) is 4.21. The molecule has 2 unspecified atom stereocenters. The molecule has 1 aliphatic carbocycles. The molecule has 0 spiro atoms. The number of nitrogen functional groups attached to an aromatic ring is 1. The summed E-state index contributed by atoms with van der Waals surface area (Å²) in [5.74, 6) is 0.580. The van der Waals surface area contributed by atoms with E-state index in [2.05, 4.69) is 16.6 Å². The van der Waals surface area contributed by atoms with Crippen molar-refractivity contribution in [2.75, 3.05) is 17.3 Å². The maximum absolute atomic E-state index is 5.56. The quantitative estimate of drug-likeness (QED) is 0.848. The van der Waals surface area contributed by atoms with Crippen LogP contribution < -0.4 is 11.1 Å². The molecule has 0 bridgehead atoms. The van der Waals surface area contributed by atoms with Crippen molar-refractivity contribution >= 4 is 23.3 Å². The molecule has 3 nitrogen and oxygen atoms in total. The lowest BCUT2D eigenvalue weighted by Gasteiger charge is -2.29. The number of hydrogen-bond donors (Lipinski definition) is 2. The molecule has 0 saturated heterocycles. The summed E-state index contributed by atoms with van der Waals surface area (Å²) in [6.45, 7) is 0. The van der Waals surface area contributed by atoms with E-state index in [9.17, 15) is 0 Å². The topological polar surface area (TPSA) is 50.9 Å². The third-order valence-electron chi connectivity index (χ3n) is 3.12. The summed E-state index contributed by atoms with van der Waals surface area (Å²) in [4.78, 5) is 4.09. The first kappa shape index (κ1) is 11.6. The van der Waals surface area contributed by atoms with Gasteiger partial charge in [0.05, 0.1) is 11.9 Å². The van der Waals surface area contributed by atoms with Crippen molar-refractivity contribution in [3.63, 3.8) is 0 Å². The maximum atomic E-state index is 5.56. The number of thioether (sulfide) groups is 1. The molecule has 1 aromatic rings. The summed E-state index contributed by atoms with van der Waals surface area (Å²) < 4.78 is 0. The second kappa shape index (κ2) is 5.43. The molecule has 0 radical (unpaired) electrons. The lowest BCUT2D eigenvalue weighted by Crippen LogP contribution is -2.28. The van der Waals surface area contributed by atoms with E-state index in [1.165, 1.54) is 25.7 Å². The van der Waals surface area contributed by atoms with Crippen molar-refractivity contribution in [3.8, 4) is 0 Å². The van der Waals surface area contributed by atoms with Crippen molar-refractivity contribution in [2.45, 2.75) is 37.0 Å². The van der Waals surface area contributed by atoms with Gasteiger partial charge < -0.3 is 11.1 Å². The van der Waals surface area contributed by atoms with Crippen LogP contribution in [0.3, 0.4) is 0 Å². The van der Waals surface area contributed by atoms with Gasteiger partial charge in [-0.15, -0.1) is 0 Å². The van der Waals surface area contributed by atoms with Gasteiger partial charge in [0.25, 0.3) is 0 Å². The minimum absolute atomic E-state index is 0.580. The maximum Gasteiger partial charge on any atom is 0.123 e. The van der Waals surface area contributed by atoms with Crippen LogP contribution in [0.4, 0.5) is 11.5 Å². The second-order valence-corrected chi connectivity index (χ2v) is 5.48. The zero-order valence-electron chi connectivity index (χ0n) is 9.65. The van der Waals surface area contributed by atoms with Crippen LogP contribution in [0.2, 0.25) is 0 Å². The summed E-state index contributed by atoms with van der Waals surface area (Å²) in [5.41, 5.74) is 6.65. The van der Waals surface area contributed by atoms with Gasteiger partial charge in [-0.25, -0.2) is 4.98 Å². The van der Waals surface area contributed by atoms with Crippen molar-refractivity contribution in [2.24, 2.45) is 0 Å². The predicted octanol–water partition coefficient (Wildman–Crippen LogP) is 2.75. The van der Waals surface area contributed by atoms with Crippen LogP contribution in [-0.4, -0.2) is 22.5 Å². The van der Waals surface area contributed by atoms with E-state index in [4.69, 9.17) is 5.73 Å². The summed E-state index contributed by atoms with van der Waals surface area (Å²) in [6, 6.07) is 4.44. The van der Waals surface area contributed by atoms with Gasteiger partial charge in [-0.3, -0.25) is 0 Å². The van der Waals surface area contributed by atoms with Crippen LogP contribution >= 0.6 is 11.8 Å². The van der Waals surface area contributed by atoms with Gasteiger partial charge in [0.2, 0.25) is 0 Å². The highest BCUT2D eigenvalue weighted by atomic mass is 32.2. The van der Waals surface area contributed by atoms with Gasteiger partial charge >= 0.3 is 0 Å². The van der Waals surface area contributed by atoms with Gasteiger partial charge in [0.15, 0.2) is 0 Å². The zero-order chi connectivity index (χ0) is 11.4. The Morgan fingerprint density at radius 3 is 3.00 bits per heavy atom. The van der Waals surface area contributed by atoms with E-state index in [1.807, 2.05) is 30.1 Å². The Hall–Kier alpha value is -0.900. The number of rotatable bonds is 3. The summed E-state index contributed by atoms with van der Waals surface area (Å²) >= 11 is 1.99. The number of hydrogen-bond acceptors (Lipinski definition) is 4. The van der Waals surface area contributed by atoms with Crippen molar-refractivity contribution in [1.29, 1.82) is 0 Å². The van der Waals surface area contributed by atoms with Crippen LogP contribution in [0.25, 0.3) is 0 Å². The summed E-state index contributed by atoms with van der Waals surface area (Å²) in [7, 11) is 0. The molecule has 1 aromatic heterocycles. The number of anilines is 2.